The maximum Gasteiger partial charge on any atom is 0.274 e. The molecule has 0 saturated carbocycles. The maximum atomic E-state index is 12.8. The van der Waals surface area contributed by atoms with Crippen LogP contribution in [0.4, 0.5) is 0 Å². The quantitative estimate of drug-likeness (QED) is 0.286. The third-order valence-electron chi connectivity index (χ3n) is 3.81. The zero-order chi connectivity index (χ0) is 18.3. The highest BCUT2D eigenvalue weighted by atomic mass is 127. The molecule has 4 rings (SSSR count). The van der Waals surface area contributed by atoms with Crippen LogP contribution in [0.3, 0.4) is 0 Å². The van der Waals surface area contributed by atoms with Gasteiger partial charge < -0.3 is 4.74 Å². The van der Waals surface area contributed by atoms with Crippen molar-refractivity contribution in [1.29, 1.82) is 0 Å². The van der Waals surface area contributed by atoms with E-state index in [1.165, 1.54) is 11.3 Å². The number of imidazole rings is 1. The van der Waals surface area contributed by atoms with Crippen molar-refractivity contribution < 1.29 is 4.74 Å². The zero-order valence-corrected chi connectivity index (χ0v) is 18.0. The van der Waals surface area contributed by atoms with Crippen LogP contribution in [-0.4, -0.2) is 16.0 Å². The topological polar surface area (TPSA) is 43.6 Å². The van der Waals surface area contributed by atoms with Crippen molar-refractivity contribution in [2.45, 2.75) is 0 Å². The monoisotopic (exact) mass is 538 g/mol. The summed E-state index contributed by atoms with van der Waals surface area (Å²) >= 11 is 7.16. The number of benzene rings is 2. The van der Waals surface area contributed by atoms with E-state index in [1.54, 1.807) is 10.5 Å². The van der Waals surface area contributed by atoms with E-state index in [1.807, 2.05) is 42.5 Å². The molecule has 0 amide bonds. The Morgan fingerprint density at radius 2 is 2.15 bits per heavy atom. The van der Waals surface area contributed by atoms with Gasteiger partial charge in [0.1, 0.15) is 12.4 Å². The lowest BCUT2D eigenvalue weighted by molar-refractivity contribution is 0.358. The molecule has 0 fully saturated rings. The number of hydrogen-bond donors (Lipinski definition) is 0. The summed E-state index contributed by atoms with van der Waals surface area (Å²) in [6.07, 6.45) is 3.60. The molecule has 2 heterocycles. The molecule has 0 bridgehead atoms. The Bertz CT molecular complexity index is 1240. The van der Waals surface area contributed by atoms with Gasteiger partial charge in [0.25, 0.3) is 5.56 Å². The van der Waals surface area contributed by atoms with E-state index in [4.69, 9.17) is 4.74 Å². The van der Waals surface area contributed by atoms with Gasteiger partial charge in [-0.2, -0.15) is 0 Å². The summed E-state index contributed by atoms with van der Waals surface area (Å²) in [6, 6.07) is 11.6. The number of hydrogen-bond acceptors (Lipinski definition) is 4. The van der Waals surface area contributed by atoms with E-state index < -0.39 is 0 Å². The minimum atomic E-state index is -0.0446. The summed E-state index contributed by atoms with van der Waals surface area (Å²) in [5, 5.41) is 0. The molecule has 2 aromatic heterocycles. The number of fused-ring (bicyclic) bond motifs is 3. The summed E-state index contributed by atoms with van der Waals surface area (Å²) in [7, 11) is 0. The molecule has 130 valence electrons. The van der Waals surface area contributed by atoms with Crippen molar-refractivity contribution in [1.82, 2.24) is 9.38 Å². The molecule has 4 nitrogen and oxygen atoms in total. The van der Waals surface area contributed by atoms with Gasteiger partial charge in [0.05, 0.1) is 23.6 Å². The molecule has 4 aromatic rings. The lowest BCUT2D eigenvalue weighted by atomic mass is 10.2. The third-order valence-corrected chi connectivity index (χ3v) is 6.17. The highest BCUT2D eigenvalue weighted by Gasteiger charge is 2.12. The van der Waals surface area contributed by atoms with Gasteiger partial charge in [-0.1, -0.05) is 36.1 Å². The second kappa shape index (κ2) is 7.13. The van der Waals surface area contributed by atoms with E-state index in [0.717, 1.165) is 30.4 Å². The van der Waals surface area contributed by atoms with Gasteiger partial charge in [-0.25, -0.2) is 9.38 Å². The summed E-state index contributed by atoms with van der Waals surface area (Å²) in [4.78, 5) is 18.1. The van der Waals surface area contributed by atoms with E-state index in [-0.39, 0.29) is 5.56 Å². The summed E-state index contributed by atoms with van der Waals surface area (Å²) in [5.41, 5.74) is 2.56. The molecule has 2 aromatic carbocycles. The Balaban J connectivity index is 1.85. The first-order valence-electron chi connectivity index (χ1n) is 7.73. The van der Waals surface area contributed by atoms with Crippen LogP contribution in [0.2, 0.25) is 0 Å². The van der Waals surface area contributed by atoms with Crippen LogP contribution in [0.5, 0.6) is 5.75 Å². The number of ether oxygens (including phenoxy) is 1. The fourth-order valence-corrected chi connectivity index (χ4v) is 5.46. The molecule has 0 atom stereocenters. The van der Waals surface area contributed by atoms with Crippen molar-refractivity contribution in [3.8, 4) is 5.75 Å². The number of thiazole rings is 1. The van der Waals surface area contributed by atoms with Crippen LogP contribution in [0.1, 0.15) is 5.56 Å². The van der Waals surface area contributed by atoms with Crippen LogP contribution in [-0.2, 0) is 0 Å². The molecular formula is C19H12BrIN2O2S. The van der Waals surface area contributed by atoms with E-state index >= 15 is 0 Å². The second-order valence-corrected chi connectivity index (χ2v) is 8.57. The Hall–Kier alpha value is -1.71. The van der Waals surface area contributed by atoms with Gasteiger partial charge in [-0.05, 0) is 74.4 Å². The first-order chi connectivity index (χ1) is 12.6. The molecule has 7 heteroatoms. The van der Waals surface area contributed by atoms with Crippen molar-refractivity contribution >= 4 is 71.9 Å². The second-order valence-electron chi connectivity index (χ2n) is 5.55. The summed E-state index contributed by atoms with van der Waals surface area (Å²) in [6.45, 7) is 4.11. The Morgan fingerprint density at radius 3 is 2.92 bits per heavy atom. The van der Waals surface area contributed by atoms with Gasteiger partial charge in [0, 0.05) is 0 Å². The average molecular weight is 539 g/mol. The molecular weight excluding hydrogens is 527 g/mol. The van der Waals surface area contributed by atoms with Crippen molar-refractivity contribution in [2.24, 2.45) is 0 Å². The van der Waals surface area contributed by atoms with Crippen molar-refractivity contribution in [3.05, 3.63) is 77.5 Å². The third kappa shape index (κ3) is 3.08. The van der Waals surface area contributed by atoms with Gasteiger partial charge in [0.15, 0.2) is 4.96 Å². The molecule has 0 aliphatic heterocycles. The van der Waals surface area contributed by atoms with Crippen molar-refractivity contribution in [3.63, 3.8) is 0 Å². The van der Waals surface area contributed by atoms with Gasteiger partial charge in [-0.3, -0.25) is 4.79 Å². The Kier molecular flexibility index (Phi) is 4.85. The highest BCUT2D eigenvalue weighted by Crippen LogP contribution is 2.32. The van der Waals surface area contributed by atoms with Crippen LogP contribution >= 0.6 is 49.9 Å². The minimum Gasteiger partial charge on any atom is -0.487 e. The molecule has 0 N–H and O–H groups in total. The van der Waals surface area contributed by atoms with Gasteiger partial charge in [-0.15, -0.1) is 0 Å². The fourth-order valence-electron chi connectivity index (χ4n) is 2.71. The molecule has 0 saturated heterocycles. The number of para-hydroxylation sites is 2. The van der Waals surface area contributed by atoms with Crippen LogP contribution in [0, 0.1) is 3.57 Å². The number of aromatic nitrogens is 2. The van der Waals surface area contributed by atoms with Crippen molar-refractivity contribution in [2.75, 3.05) is 6.61 Å². The summed E-state index contributed by atoms with van der Waals surface area (Å²) in [5.74, 6) is 0.775. The Morgan fingerprint density at radius 1 is 1.35 bits per heavy atom. The standard InChI is InChI=1S/C19H12BrIN2O2S/c1-2-7-25-17-12(20)8-11(9-13(17)21)10-16-18(24)23-15-6-4-3-5-14(15)22-19(23)26-16/h2-6,8-10H,1,7H2/b16-10-. The predicted octanol–water partition coefficient (Wildman–Crippen LogP) is 4.39. The fraction of sp³-hybridized carbons (Fsp3) is 0.0526. The zero-order valence-electron chi connectivity index (χ0n) is 13.4. The van der Waals surface area contributed by atoms with Crippen LogP contribution in [0.25, 0.3) is 22.1 Å². The van der Waals surface area contributed by atoms with Gasteiger partial charge >= 0.3 is 0 Å². The van der Waals surface area contributed by atoms with E-state index in [0.29, 0.717) is 16.1 Å². The lowest BCUT2D eigenvalue weighted by Gasteiger charge is -2.09. The smallest absolute Gasteiger partial charge is 0.274 e. The largest absolute Gasteiger partial charge is 0.487 e. The molecule has 0 spiro atoms. The van der Waals surface area contributed by atoms with Crippen LogP contribution < -0.4 is 14.8 Å². The SMILES string of the molecule is C=CCOc1c(Br)cc(/C=c2\sc3nc4ccccc4n3c2=O)cc1I. The number of halogens is 2. The Labute approximate surface area is 175 Å². The molecule has 0 radical (unpaired) electrons. The number of nitrogens with zero attached hydrogens (tertiary/aromatic N) is 2. The molecule has 0 aliphatic rings. The van der Waals surface area contributed by atoms with Gasteiger partial charge in [0.2, 0.25) is 0 Å². The number of rotatable bonds is 4. The van der Waals surface area contributed by atoms with E-state index in [9.17, 15) is 4.79 Å². The van der Waals surface area contributed by atoms with E-state index in [2.05, 4.69) is 50.1 Å². The molecule has 26 heavy (non-hydrogen) atoms. The first-order valence-corrected chi connectivity index (χ1v) is 10.4. The molecule has 0 aliphatic carbocycles. The first kappa shape index (κ1) is 17.7. The van der Waals surface area contributed by atoms with Crippen LogP contribution in [0.15, 0.2) is 58.3 Å². The maximum absolute atomic E-state index is 12.8. The summed E-state index contributed by atoms with van der Waals surface area (Å²) < 4.78 is 9.80. The highest BCUT2D eigenvalue weighted by molar-refractivity contribution is 14.1. The normalized spacial score (nSPS) is 12.2. The predicted molar refractivity (Wildman–Crippen MR) is 118 cm³/mol. The lowest BCUT2D eigenvalue weighted by Crippen LogP contribution is -2.22. The minimum absolute atomic E-state index is 0.0446. The average Bonchev–Trinajstić information content (AvgIpc) is 3.11. The molecule has 0 unspecified atom stereocenters.